The first-order valence-corrected chi connectivity index (χ1v) is 8.03. The standard InChI is InChI=1S/C16H13ClN4O4S/c17-12-7-6-11(9-13(12)21(24)25)15(23)18-16(26)20-19-14(22)8-10-4-2-1-3-5-10/h1-7,9H,8H2,(H,19,22)(H2,18,20,23,26). The van der Waals surface area contributed by atoms with Crippen LogP contribution < -0.4 is 16.2 Å². The highest BCUT2D eigenvalue weighted by Gasteiger charge is 2.17. The first-order chi connectivity index (χ1) is 12.4. The summed E-state index contributed by atoms with van der Waals surface area (Å²) < 4.78 is 0. The van der Waals surface area contributed by atoms with Crippen LogP contribution in [0.2, 0.25) is 5.02 Å². The van der Waals surface area contributed by atoms with Crippen LogP contribution in [0, 0.1) is 10.1 Å². The van der Waals surface area contributed by atoms with E-state index in [0.717, 1.165) is 11.6 Å². The number of nitro groups is 1. The molecule has 0 fully saturated rings. The SMILES string of the molecule is O=C(Cc1ccccc1)NNC(=S)NC(=O)c1ccc(Cl)c([N+](=O)[O-])c1. The van der Waals surface area contributed by atoms with Gasteiger partial charge in [0.25, 0.3) is 11.6 Å². The van der Waals surface area contributed by atoms with Gasteiger partial charge in [-0.3, -0.25) is 35.9 Å². The van der Waals surface area contributed by atoms with E-state index in [0.29, 0.717) is 0 Å². The Morgan fingerprint density at radius 3 is 2.46 bits per heavy atom. The Morgan fingerprint density at radius 2 is 1.81 bits per heavy atom. The number of hydrogen-bond donors (Lipinski definition) is 3. The van der Waals surface area contributed by atoms with E-state index < -0.39 is 16.5 Å². The predicted molar refractivity (Wildman–Crippen MR) is 99.6 cm³/mol. The van der Waals surface area contributed by atoms with Crippen molar-refractivity contribution in [2.75, 3.05) is 0 Å². The number of nitrogens with zero attached hydrogens (tertiary/aromatic N) is 1. The Morgan fingerprint density at radius 1 is 1.12 bits per heavy atom. The van der Waals surface area contributed by atoms with Gasteiger partial charge in [0.05, 0.1) is 11.3 Å². The van der Waals surface area contributed by atoms with Crippen LogP contribution >= 0.6 is 23.8 Å². The van der Waals surface area contributed by atoms with Gasteiger partial charge in [0.1, 0.15) is 5.02 Å². The monoisotopic (exact) mass is 392 g/mol. The molecule has 0 aliphatic carbocycles. The number of benzene rings is 2. The third kappa shape index (κ3) is 5.50. The summed E-state index contributed by atoms with van der Waals surface area (Å²) in [5.41, 5.74) is 5.17. The van der Waals surface area contributed by atoms with Gasteiger partial charge < -0.3 is 0 Å². The van der Waals surface area contributed by atoms with E-state index in [1.807, 2.05) is 18.2 Å². The summed E-state index contributed by atoms with van der Waals surface area (Å²) in [5, 5.41) is 12.9. The molecule has 26 heavy (non-hydrogen) atoms. The van der Waals surface area contributed by atoms with Gasteiger partial charge in [-0.05, 0) is 29.9 Å². The minimum atomic E-state index is -0.695. The number of carbonyl (C=O) groups excluding carboxylic acids is 2. The molecule has 2 rings (SSSR count). The lowest BCUT2D eigenvalue weighted by atomic mass is 10.1. The third-order valence-corrected chi connectivity index (χ3v) is 3.68. The first-order valence-electron chi connectivity index (χ1n) is 7.25. The maximum Gasteiger partial charge on any atom is 0.288 e. The summed E-state index contributed by atoms with van der Waals surface area (Å²) in [7, 11) is 0. The largest absolute Gasteiger partial charge is 0.298 e. The van der Waals surface area contributed by atoms with Crippen molar-refractivity contribution in [1.29, 1.82) is 0 Å². The van der Waals surface area contributed by atoms with Crippen molar-refractivity contribution < 1.29 is 14.5 Å². The topological polar surface area (TPSA) is 113 Å². The van der Waals surface area contributed by atoms with Crippen LogP contribution in [0.15, 0.2) is 48.5 Å². The zero-order valence-corrected chi connectivity index (χ0v) is 14.8. The van der Waals surface area contributed by atoms with Crippen LogP contribution in [0.4, 0.5) is 5.69 Å². The Balaban J connectivity index is 1.87. The molecular formula is C16H13ClN4O4S. The van der Waals surface area contributed by atoms with Crippen molar-refractivity contribution in [3.63, 3.8) is 0 Å². The van der Waals surface area contributed by atoms with Crippen molar-refractivity contribution in [2.45, 2.75) is 6.42 Å². The normalized spacial score (nSPS) is 9.88. The molecule has 0 atom stereocenters. The number of nitro benzene ring substituents is 1. The highest BCUT2D eigenvalue weighted by molar-refractivity contribution is 7.80. The Bertz CT molecular complexity index is 861. The highest BCUT2D eigenvalue weighted by Crippen LogP contribution is 2.24. The molecule has 0 aromatic heterocycles. The van der Waals surface area contributed by atoms with Gasteiger partial charge in [0.15, 0.2) is 5.11 Å². The van der Waals surface area contributed by atoms with Crippen LogP contribution in [-0.4, -0.2) is 21.9 Å². The van der Waals surface area contributed by atoms with Crippen molar-refractivity contribution in [3.05, 3.63) is 74.8 Å². The summed E-state index contributed by atoms with van der Waals surface area (Å²) in [6.45, 7) is 0. The molecule has 8 nitrogen and oxygen atoms in total. The van der Waals surface area contributed by atoms with Gasteiger partial charge in [-0.25, -0.2) is 0 Å². The number of rotatable bonds is 4. The summed E-state index contributed by atoms with van der Waals surface area (Å²) in [5.74, 6) is -1.03. The second kappa shape index (κ2) is 8.88. The maximum atomic E-state index is 12.1. The average Bonchev–Trinajstić information content (AvgIpc) is 2.61. The molecule has 0 heterocycles. The summed E-state index contributed by atoms with van der Waals surface area (Å²) in [6, 6.07) is 12.7. The molecule has 2 aromatic carbocycles. The van der Waals surface area contributed by atoms with Crippen LogP contribution in [0.25, 0.3) is 0 Å². The fourth-order valence-corrected chi connectivity index (χ4v) is 2.28. The first kappa shape index (κ1) is 19.3. The maximum absolute atomic E-state index is 12.1. The van der Waals surface area contributed by atoms with Crippen molar-refractivity contribution in [2.24, 2.45) is 0 Å². The van der Waals surface area contributed by atoms with E-state index in [-0.39, 0.29) is 28.0 Å². The minimum absolute atomic E-state index is 0.000798. The number of hydrogen-bond acceptors (Lipinski definition) is 5. The van der Waals surface area contributed by atoms with E-state index in [4.69, 9.17) is 23.8 Å². The number of hydrazine groups is 1. The van der Waals surface area contributed by atoms with E-state index in [1.165, 1.54) is 12.1 Å². The number of halogens is 1. The minimum Gasteiger partial charge on any atom is -0.298 e. The molecule has 0 saturated heterocycles. The van der Waals surface area contributed by atoms with E-state index in [9.17, 15) is 19.7 Å². The summed E-state index contributed by atoms with van der Waals surface area (Å²) >= 11 is 10.6. The molecule has 2 aromatic rings. The predicted octanol–water partition coefficient (Wildman–Crippen LogP) is 2.13. The molecule has 0 saturated carbocycles. The average molecular weight is 393 g/mol. The molecule has 0 bridgehead atoms. The van der Waals surface area contributed by atoms with Gasteiger partial charge in [0, 0.05) is 11.6 Å². The molecular weight excluding hydrogens is 380 g/mol. The molecule has 0 spiro atoms. The van der Waals surface area contributed by atoms with Crippen molar-refractivity contribution in [3.8, 4) is 0 Å². The van der Waals surface area contributed by atoms with Crippen molar-refractivity contribution in [1.82, 2.24) is 16.2 Å². The Labute approximate surface area is 158 Å². The number of carbonyl (C=O) groups is 2. The number of amides is 2. The fraction of sp³-hybridized carbons (Fsp3) is 0.0625. The summed E-state index contributed by atoms with van der Waals surface area (Å²) in [4.78, 5) is 34.0. The van der Waals surface area contributed by atoms with Crippen LogP contribution in [0.3, 0.4) is 0 Å². The van der Waals surface area contributed by atoms with E-state index >= 15 is 0 Å². The lowest BCUT2D eigenvalue weighted by Crippen LogP contribution is -2.48. The highest BCUT2D eigenvalue weighted by atomic mass is 35.5. The Kier molecular flexibility index (Phi) is 6.59. The summed E-state index contributed by atoms with van der Waals surface area (Å²) in [6.07, 6.45) is 0.133. The van der Waals surface area contributed by atoms with E-state index in [1.54, 1.807) is 12.1 Å². The number of thiocarbonyl (C=S) groups is 1. The van der Waals surface area contributed by atoms with Gasteiger partial charge in [-0.15, -0.1) is 0 Å². The molecule has 134 valence electrons. The smallest absolute Gasteiger partial charge is 0.288 e. The van der Waals surface area contributed by atoms with Crippen LogP contribution in [-0.2, 0) is 11.2 Å². The molecule has 0 unspecified atom stereocenters. The molecule has 0 aliphatic heterocycles. The fourth-order valence-electron chi connectivity index (χ4n) is 1.95. The van der Waals surface area contributed by atoms with Crippen LogP contribution in [0.1, 0.15) is 15.9 Å². The van der Waals surface area contributed by atoms with Gasteiger partial charge in [0.2, 0.25) is 5.91 Å². The lowest BCUT2D eigenvalue weighted by molar-refractivity contribution is -0.384. The van der Waals surface area contributed by atoms with Gasteiger partial charge >= 0.3 is 0 Å². The molecule has 2 amide bonds. The zero-order chi connectivity index (χ0) is 19.1. The van der Waals surface area contributed by atoms with E-state index in [2.05, 4.69) is 16.2 Å². The van der Waals surface area contributed by atoms with Gasteiger partial charge in [-0.1, -0.05) is 41.9 Å². The van der Waals surface area contributed by atoms with Gasteiger partial charge in [-0.2, -0.15) is 0 Å². The quantitative estimate of drug-likeness (QED) is 0.417. The molecule has 0 radical (unpaired) electrons. The molecule has 0 aliphatic rings. The zero-order valence-electron chi connectivity index (χ0n) is 13.2. The lowest BCUT2D eigenvalue weighted by Gasteiger charge is -2.11. The Hall–Kier alpha value is -3.04. The second-order valence-electron chi connectivity index (χ2n) is 5.04. The third-order valence-electron chi connectivity index (χ3n) is 3.16. The van der Waals surface area contributed by atoms with Crippen molar-refractivity contribution >= 4 is 46.4 Å². The number of nitrogens with one attached hydrogen (secondary N) is 3. The molecule has 10 heteroatoms. The van der Waals surface area contributed by atoms with Crippen LogP contribution in [0.5, 0.6) is 0 Å². The molecule has 3 N–H and O–H groups in total. The second-order valence-corrected chi connectivity index (χ2v) is 5.86.